The first kappa shape index (κ1) is 13.0. The Kier molecular flexibility index (Phi) is 3.60. The molecule has 6 nitrogen and oxygen atoms in total. The molecule has 1 atom stereocenters. The van der Waals surface area contributed by atoms with Gasteiger partial charge in [0.25, 0.3) is 0 Å². The first-order valence-electron chi connectivity index (χ1n) is 6.47. The Morgan fingerprint density at radius 2 is 2.30 bits per heavy atom. The Bertz CT molecular complexity index is 601. The standard InChI is InChI=1S/C13H14N4O2S/c18-13(19)17-6-2-1-3-11(17)10-8-20-12(16-10)9-7-14-4-5-15-9/h4-5,7-8,11H,1-3,6H2,(H,18,19)/t11-/m1/s1. The summed E-state index contributed by atoms with van der Waals surface area (Å²) in [6.45, 7) is 0.581. The number of aromatic nitrogens is 3. The molecule has 2 aromatic rings. The van der Waals surface area contributed by atoms with Crippen molar-refractivity contribution in [3.63, 3.8) is 0 Å². The van der Waals surface area contributed by atoms with Crippen LogP contribution in [0.5, 0.6) is 0 Å². The van der Waals surface area contributed by atoms with Crippen LogP contribution < -0.4 is 0 Å². The molecule has 0 aromatic carbocycles. The third-order valence-electron chi connectivity index (χ3n) is 3.39. The van der Waals surface area contributed by atoms with E-state index in [1.165, 1.54) is 16.2 Å². The first-order valence-corrected chi connectivity index (χ1v) is 7.35. The van der Waals surface area contributed by atoms with Crippen molar-refractivity contribution in [2.45, 2.75) is 25.3 Å². The predicted octanol–water partition coefficient (Wildman–Crippen LogP) is 2.81. The van der Waals surface area contributed by atoms with E-state index in [0.717, 1.165) is 35.7 Å². The first-order chi connectivity index (χ1) is 9.75. The highest BCUT2D eigenvalue weighted by Crippen LogP contribution is 2.33. The average molecular weight is 290 g/mol. The number of carbonyl (C=O) groups is 1. The van der Waals surface area contributed by atoms with Crippen molar-refractivity contribution >= 4 is 17.4 Å². The lowest BCUT2D eigenvalue weighted by Crippen LogP contribution is -2.37. The number of likely N-dealkylation sites (tertiary alicyclic amines) is 1. The van der Waals surface area contributed by atoms with Gasteiger partial charge in [-0.05, 0) is 19.3 Å². The molecule has 1 amide bonds. The molecule has 104 valence electrons. The summed E-state index contributed by atoms with van der Waals surface area (Å²) in [4.78, 5) is 25.6. The molecule has 1 fully saturated rings. The minimum atomic E-state index is -0.872. The number of hydrogen-bond acceptors (Lipinski definition) is 5. The predicted molar refractivity (Wildman–Crippen MR) is 74.5 cm³/mol. The number of hydrogen-bond donors (Lipinski definition) is 1. The number of amides is 1. The lowest BCUT2D eigenvalue weighted by Gasteiger charge is -2.32. The highest BCUT2D eigenvalue weighted by molar-refractivity contribution is 7.13. The Balaban J connectivity index is 1.87. The number of thiazole rings is 1. The molecule has 0 bridgehead atoms. The van der Waals surface area contributed by atoms with E-state index in [1.54, 1.807) is 18.6 Å². The molecule has 1 aliphatic rings. The van der Waals surface area contributed by atoms with Crippen LogP contribution in [0.4, 0.5) is 4.79 Å². The van der Waals surface area contributed by atoms with E-state index in [0.29, 0.717) is 6.54 Å². The summed E-state index contributed by atoms with van der Waals surface area (Å²) >= 11 is 1.48. The fourth-order valence-electron chi connectivity index (χ4n) is 2.43. The molecule has 2 aromatic heterocycles. The van der Waals surface area contributed by atoms with Crippen molar-refractivity contribution in [3.8, 4) is 10.7 Å². The van der Waals surface area contributed by atoms with E-state index in [2.05, 4.69) is 15.0 Å². The second-order valence-corrected chi connectivity index (χ2v) is 5.51. The average Bonchev–Trinajstić information content (AvgIpc) is 2.98. The second-order valence-electron chi connectivity index (χ2n) is 4.66. The minimum Gasteiger partial charge on any atom is -0.465 e. The van der Waals surface area contributed by atoms with Gasteiger partial charge < -0.3 is 5.11 Å². The minimum absolute atomic E-state index is 0.136. The summed E-state index contributed by atoms with van der Waals surface area (Å²) in [5, 5.41) is 12.0. The van der Waals surface area contributed by atoms with Gasteiger partial charge in [-0.15, -0.1) is 11.3 Å². The van der Waals surface area contributed by atoms with Gasteiger partial charge in [0, 0.05) is 24.3 Å². The lowest BCUT2D eigenvalue weighted by atomic mass is 10.0. The number of rotatable bonds is 2. The highest BCUT2D eigenvalue weighted by atomic mass is 32.1. The topological polar surface area (TPSA) is 79.2 Å². The molecule has 1 aliphatic heterocycles. The van der Waals surface area contributed by atoms with Crippen LogP contribution in [0.15, 0.2) is 24.0 Å². The summed E-state index contributed by atoms with van der Waals surface area (Å²) in [5.74, 6) is 0. The van der Waals surface area contributed by atoms with Gasteiger partial charge in [0.15, 0.2) is 0 Å². The summed E-state index contributed by atoms with van der Waals surface area (Å²) in [6.07, 6.45) is 6.82. The van der Waals surface area contributed by atoms with Gasteiger partial charge in [-0.25, -0.2) is 9.78 Å². The Hall–Kier alpha value is -2.02. The Morgan fingerprint density at radius 1 is 1.40 bits per heavy atom. The molecule has 7 heteroatoms. The molecular formula is C13H14N4O2S. The fraction of sp³-hybridized carbons (Fsp3) is 0.385. The normalized spacial score (nSPS) is 19.0. The van der Waals surface area contributed by atoms with Gasteiger partial charge in [-0.1, -0.05) is 0 Å². The van der Waals surface area contributed by atoms with Crippen molar-refractivity contribution in [1.82, 2.24) is 19.9 Å². The zero-order valence-corrected chi connectivity index (χ0v) is 11.6. The molecule has 1 N–H and O–H groups in total. The molecule has 3 heterocycles. The van der Waals surface area contributed by atoms with Gasteiger partial charge in [0.05, 0.1) is 17.9 Å². The fourth-order valence-corrected chi connectivity index (χ4v) is 3.26. The molecule has 0 aliphatic carbocycles. The molecule has 0 radical (unpaired) electrons. The van der Waals surface area contributed by atoms with Gasteiger partial charge in [-0.3, -0.25) is 14.9 Å². The van der Waals surface area contributed by atoms with Gasteiger partial charge >= 0.3 is 6.09 Å². The largest absolute Gasteiger partial charge is 0.465 e. The zero-order valence-electron chi connectivity index (χ0n) is 10.8. The second kappa shape index (κ2) is 5.54. The van der Waals surface area contributed by atoms with Crippen LogP contribution in [-0.4, -0.2) is 37.6 Å². The zero-order chi connectivity index (χ0) is 13.9. The maximum absolute atomic E-state index is 11.3. The van der Waals surface area contributed by atoms with Crippen LogP contribution in [0.1, 0.15) is 31.0 Å². The Labute approximate surface area is 120 Å². The maximum Gasteiger partial charge on any atom is 0.407 e. The quantitative estimate of drug-likeness (QED) is 0.920. The molecule has 0 saturated carbocycles. The molecule has 3 rings (SSSR count). The molecule has 20 heavy (non-hydrogen) atoms. The van der Waals surface area contributed by atoms with Crippen molar-refractivity contribution in [2.75, 3.05) is 6.54 Å². The van der Waals surface area contributed by atoms with Crippen molar-refractivity contribution in [2.24, 2.45) is 0 Å². The van der Waals surface area contributed by atoms with E-state index in [-0.39, 0.29) is 6.04 Å². The number of carboxylic acid groups (broad SMARTS) is 1. The smallest absolute Gasteiger partial charge is 0.407 e. The van der Waals surface area contributed by atoms with Crippen LogP contribution in [-0.2, 0) is 0 Å². The van der Waals surface area contributed by atoms with Crippen molar-refractivity contribution in [1.29, 1.82) is 0 Å². The molecular weight excluding hydrogens is 276 g/mol. The SMILES string of the molecule is O=C(O)N1CCCC[C@@H]1c1csc(-c2cnccn2)n1. The van der Waals surface area contributed by atoms with Gasteiger partial charge in [-0.2, -0.15) is 0 Å². The highest BCUT2D eigenvalue weighted by Gasteiger charge is 2.29. The lowest BCUT2D eigenvalue weighted by molar-refractivity contribution is 0.105. The van der Waals surface area contributed by atoms with Gasteiger partial charge in [0.2, 0.25) is 0 Å². The monoisotopic (exact) mass is 290 g/mol. The van der Waals surface area contributed by atoms with Crippen LogP contribution in [0.2, 0.25) is 0 Å². The van der Waals surface area contributed by atoms with Crippen molar-refractivity contribution < 1.29 is 9.90 Å². The third-order valence-corrected chi connectivity index (χ3v) is 4.28. The van der Waals surface area contributed by atoms with Crippen LogP contribution >= 0.6 is 11.3 Å². The van der Waals surface area contributed by atoms with E-state index < -0.39 is 6.09 Å². The summed E-state index contributed by atoms with van der Waals surface area (Å²) in [5.41, 5.74) is 1.54. The summed E-state index contributed by atoms with van der Waals surface area (Å²) in [6, 6.07) is -0.136. The van der Waals surface area contributed by atoms with E-state index in [9.17, 15) is 9.90 Å². The van der Waals surface area contributed by atoms with Crippen molar-refractivity contribution in [3.05, 3.63) is 29.7 Å². The van der Waals surface area contributed by atoms with Crippen LogP contribution in [0, 0.1) is 0 Å². The number of nitrogens with zero attached hydrogens (tertiary/aromatic N) is 4. The summed E-state index contributed by atoms with van der Waals surface area (Å²) < 4.78 is 0. The Morgan fingerprint density at radius 3 is 3.05 bits per heavy atom. The molecule has 1 saturated heterocycles. The van der Waals surface area contributed by atoms with Gasteiger partial charge in [0.1, 0.15) is 10.7 Å². The molecule has 0 unspecified atom stereocenters. The third kappa shape index (κ3) is 2.49. The maximum atomic E-state index is 11.3. The van der Waals surface area contributed by atoms with Crippen LogP contribution in [0.3, 0.4) is 0 Å². The van der Waals surface area contributed by atoms with E-state index >= 15 is 0 Å². The number of piperidine rings is 1. The summed E-state index contributed by atoms with van der Waals surface area (Å²) in [7, 11) is 0. The van der Waals surface area contributed by atoms with E-state index in [1.807, 2.05) is 5.38 Å². The van der Waals surface area contributed by atoms with Crippen LogP contribution in [0.25, 0.3) is 10.7 Å². The molecule has 0 spiro atoms. The van der Waals surface area contributed by atoms with E-state index in [4.69, 9.17) is 0 Å².